The summed E-state index contributed by atoms with van der Waals surface area (Å²) in [5.41, 5.74) is 6.18. The summed E-state index contributed by atoms with van der Waals surface area (Å²) < 4.78 is 11.0. The molecule has 0 amide bonds. The molecular weight excluding hydrogens is 276 g/mol. The first kappa shape index (κ1) is 13.7. The van der Waals surface area contributed by atoms with Gasteiger partial charge in [-0.2, -0.15) is 4.98 Å². The molecular formula is C13H18N4O2S. The van der Waals surface area contributed by atoms with Gasteiger partial charge < -0.3 is 15.0 Å². The van der Waals surface area contributed by atoms with Gasteiger partial charge in [0.15, 0.2) is 5.82 Å². The van der Waals surface area contributed by atoms with Crippen LogP contribution in [0.5, 0.6) is 0 Å². The lowest BCUT2D eigenvalue weighted by molar-refractivity contribution is -0.0222. The zero-order valence-electron chi connectivity index (χ0n) is 11.6. The molecule has 1 aliphatic rings. The summed E-state index contributed by atoms with van der Waals surface area (Å²) in [5, 5.41) is 6.82. The maximum absolute atomic E-state index is 6.23. The van der Waals surface area contributed by atoms with E-state index in [1.807, 2.05) is 19.2 Å². The van der Waals surface area contributed by atoms with Crippen molar-refractivity contribution < 1.29 is 9.26 Å². The summed E-state index contributed by atoms with van der Waals surface area (Å²) >= 11 is 1.55. The van der Waals surface area contributed by atoms with Crippen LogP contribution in [0, 0.1) is 6.92 Å². The third-order valence-corrected chi connectivity index (χ3v) is 4.22. The summed E-state index contributed by atoms with van der Waals surface area (Å²) in [7, 11) is 0. The lowest BCUT2D eigenvalue weighted by atomic mass is 9.95. The standard InChI is InChI=1S/C13H18N4O2S/c1-8-15-10(6-20-8)11-16-12(17-19-11)13(2,14)7-18-9-4-3-5-9/h6,9H,3-5,7,14H2,1-2H3. The smallest absolute Gasteiger partial charge is 0.277 e. The van der Waals surface area contributed by atoms with Crippen molar-refractivity contribution in [2.24, 2.45) is 5.73 Å². The van der Waals surface area contributed by atoms with Crippen molar-refractivity contribution in [3.8, 4) is 11.6 Å². The maximum Gasteiger partial charge on any atom is 0.277 e. The minimum Gasteiger partial charge on any atom is -0.376 e. The van der Waals surface area contributed by atoms with Crippen LogP contribution in [0.1, 0.15) is 37.0 Å². The van der Waals surface area contributed by atoms with E-state index in [1.165, 1.54) is 6.42 Å². The Kier molecular flexibility index (Phi) is 3.57. The fourth-order valence-electron chi connectivity index (χ4n) is 1.91. The Morgan fingerprint density at radius 3 is 2.90 bits per heavy atom. The zero-order valence-corrected chi connectivity index (χ0v) is 12.4. The van der Waals surface area contributed by atoms with Crippen molar-refractivity contribution >= 4 is 11.3 Å². The molecule has 6 nitrogen and oxygen atoms in total. The second-order valence-electron chi connectivity index (χ2n) is 5.46. The van der Waals surface area contributed by atoms with Gasteiger partial charge in [-0.1, -0.05) is 5.16 Å². The number of thiazole rings is 1. The van der Waals surface area contributed by atoms with Crippen LogP contribution in [0.4, 0.5) is 0 Å². The van der Waals surface area contributed by atoms with Gasteiger partial charge in [0.25, 0.3) is 5.89 Å². The van der Waals surface area contributed by atoms with E-state index in [1.54, 1.807) is 11.3 Å². The van der Waals surface area contributed by atoms with Crippen LogP contribution in [0.15, 0.2) is 9.90 Å². The summed E-state index contributed by atoms with van der Waals surface area (Å²) in [6.45, 7) is 4.18. The highest BCUT2D eigenvalue weighted by atomic mass is 32.1. The van der Waals surface area contributed by atoms with Crippen LogP contribution in [0.2, 0.25) is 0 Å². The van der Waals surface area contributed by atoms with Crippen LogP contribution >= 0.6 is 11.3 Å². The van der Waals surface area contributed by atoms with Gasteiger partial charge in [-0.3, -0.25) is 0 Å². The van der Waals surface area contributed by atoms with Crippen molar-refractivity contribution in [3.05, 3.63) is 16.2 Å². The Bertz CT molecular complexity index is 589. The molecule has 0 saturated heterocycles. The van der Waals surface area contributed by atoms with Crippen molar-refractivity contribution in [2.75, 3.05) is 6.61 Å². The first-order valence-electron chi connectivity index (χ1n) is 6.72. The number of hydrogen-bond acceptors (Lipinski definition) is 7. The normalized spacial score (nSPS) is 18.8. The Hall–Kier alpha value is -1.31. The Labute approximate surface area is 121 Å². The zero-order chi connectivity index (χ0) is 14.2. The second-order valence-corrected chi connectivity index (χ2v) is 6.52. The van der Waals surface area contributed by atoms with Crippen LogP contribution < -0.4 is 5.73 Å². The van der Waals surface area contributed by atoms with E-state index in [-0.39, 0.29) is 0 Å². The first-order chi connectivity index (χ1) is 9.54. The monoisotopic (exact) mass is 294 g/mol. The van der Waals surface area contributed by atoms with Crippen LogP contribution in [-0.4, -0.2) is 27.8 Å². The largest absolute Gasteiger partial charge is 0.376 e. The molecule has 0 radical (unpaired) electrons. The number of nitrogens with zero attached hydrogens (tertiary/aromatic N) is 3. The predicted octanol–water partition coefficient (Wildman–Crippen LogP) is 2.24. The quantitative estimate of drug-likeness (QED) is 0.910. The second kappa shape index (κ2) is 5.23. The van der Waals surface area contributed by atoms with E-state index < -0.39 is 5.54 Å². The van der Waals surface area contributed by atoms with Crippen LogP contribution in [-0.2, 0) is 10.3 Å². The van der Waals surface area contributed by atoms with Gasteiger partial charge in [0.1, 0.15) is 11.2 Å². The van der Waals surface area contributed by atoms with E-state index in [4.69, 9.17) is 15.0 Å². The molecule has 20 heavy (non-hydrogen) atoms. The van der Waals surface area contributed by atoms with Gasteiger partial charge in [-0.05, 0) is 33.1 Å². The van der Waals surface area contributed by atoms with E-state index in [9.17, 15) is 0 Å². The fourth-order valence-corrected chi connectivity index (χ4v) is 2.50. The maximum atomic E-state index is 6.23. The minimum absolute atomic E-state index is 0.338. The van der Waals surface area contributed by atoms with Crippen molar-refractivity contribution in [1.29, 1.82) is 0 Å². The highest BCUT2D eigenvalue weighted by Gasteiger charge is 2.31. The molecule has 2 N–H and O–H groups in total. The van der Waals surface area contributed by atoms with E-state index in [0.717, 1.165) is 17.8 Å². The van der Waals surface area contributed by atoms with Crippen LogP contribution in [0.3, 0.4) is 0 Å². The van der Waals surface area contributed by atoms with Gasteiger partial charge in [0.2, 0.25) is 0 Å². The lowest BCUT2D eigenvalue weighted by Gasteiger charge is -2.29. The minimum atomic E-state index is -0.748. The predicted molar refractivity (Wildman–Crippen MR) is 75.3 cm³/mol. The third-order valence-electron chi connectivity index (χ3n) is 3.45. The molecule has 0 spiro atoms. The summed E-state index contributed by atoms with van der Waals surface area (Å²) in [4.78, 5) is 8.67. The van der Waals surface area contributed by atoms with Crippen molar-refractivity contribution in [3.63, 3.8) is 0 Å². The number of rotatable bonds is 5. The van der Waals surface area contributed by atoms with Crippen LogP contribution in [0.25, 0.3) is 11.6 Å². The number of nitrogens with two attached hydrogens (primary N) is 1. The highest BCUT2D eigenvalue weighted by molar-refractivity contribution is 7.09. The van der Waals surface area contributed by atoms with Gasteiger partial charge in [-0.15, -0.1) is 11.3 Å². The van der Waals surface area contributed by atoms with Gasteiger partial charge in [0, 0.05) is 5.38 Å². The molecule has 108 valence electrons. The average Bonchev–Trinajstić information content (AvgIpc) is 2.94. The molecule has 2 aromatic rings. The number of ether oxygens (including phenoxy) is 1. The van der Waals surface area contributed by atoms with Gasteiger partial charge in [-0.25, -0.2) is 4.98 Å². The molecule has 0 aliphatic heterocycles. The Morgan fingerprint density at radius 1 is 1.50 bits per heavy atom. The average molecular weight is 294 g/mol. The molecule has 7 heteroatoms. The van der Waals surface area contributed by atoms with Crippen molar-refractivity contribution in [2.45, 2.75) is 44.8 Å². The molecule has 3 rings (SSSR count). The topological polar surface area (TPSA) is 87.1 Å². The molecule has 0 aromatic carbocycles. The summed E-state index contributed by atoms with van der Waals surface area (Å²) in [6.07, 6.45) is 3.81. The van der Waals surface area contributed by atoms with E-state index in [2.05, 4.69) is 15.1 Å². The molecule has 1 unspecified atom stereocenters. The van der Waals surface area contributed by atoms with Gasteiger partial charge in [0.05, 0.1) is 17.7 Å². The lowest BCUT2D eigenvalue weighted by Crippen LogP contribution is -2.41. The molecule has 2 aromatic heterocycles. The first-order valence-corrected chi connectivity index (χ1v) is 7.60. The summed E-state index contributed by atoms with van der Waals surface area (Å²) in [6, 6.07) is 0. The molecule has 1 atom stereocenters. The number of aromatic nitrogens is 3. The summed E-state index contributed by atoms with van der Waals surface area (Å²) in [5.74, 6) is 0.863. The molecule has 2 heterocycles. The third kappa shape index (κ3) is 2.74. The molecule has 0 bridgehead atoms. The fraction of sp³-hybridized carbons (Fsp3) is 0.615. The molecule has 1 aliphatic carbocycles. The molecule has 1 fully saturated rings. The number of aryl methyl sites for hydroxylation is 1. The molecule has 1 saturated carbocycles. The SMILES string of the molecule is Cc1nc(-c2nc(C(C)(N)COC3CCC3)no2)cs1. The Morgan fingerprint density at radius 2 is 2.30 bits per heavy atom. The van der Waals surface area contributed by atoms with Gasteiger partial charge >= 0.3 is 0 Å². The number of hydrogen-bond donors (Lipinski definition) is 1. The highest BCUT2D eigenvalue weighted by Crippen LogP contribution is 2.26. The van der Waals surface area contributed by atoms with E-state index >= 15 is 0 Å². The van der Waals surface area contributed by atoms with Crippen molar-refractivity contribution in [1.82, 2.24) is 15.1 Å². The Balaban J connectivity index is 1.71. The van der Waals surface area contributed by atoms with E-state index in [0.29, 0.717) is 30.1 Å².